The molecule has 2 N–H and O–H groups in total. The summed E-state index contributed by atoms with van der Waals surface area (Å²) in [5.74, 6) is 1.62. The topological polar surface area (TPSA) is 88.8 Å². The van der Waals surface area contributed by atoms with Gasteiger partial charge in [-0.25, -0.2) is 9.97 Å². The van der Waals surface area contributed by atoms with Crippen molar-refractivity contribution >= 4 is 28.4 Å². The van der Waals surface area contributed by atoms with Gasteiger partial charge in [-0.1, -0.05) is 0 Å². The number of pyridine rings is 1. The van der Waals surface area contributed by atoms with Crippen LogP contribution in [-0.2, 0) is 6.42 Å². The van der Waals surface area contributed by atoms with Crippen LogP contribution in [0.4, 0.5) is 5.82 Å². The Morgan fingerprint density at radius 2 is 2.07 bits per heavy atom. The maximum Gasteiger partial charge on any atom is 0.154 e. The van der Waals surface area contributed by atoms with Crippen LogP contribution in [0, 0.1) is 6.92 Å². The van der Waals surface area contributed by atoms with Crippen LogP contribution in [0.25, 0.3) is 16.7 Å². The van der Waals surface area contributed by atoms with Crippen molar-refractivity contribution < 1.29 is 5.11 Å². The highest BCUT2D eigenvalue weighted by Gasteiger charge is 2.22. The molecular weight excluding hydrogens is 396 g/mol. The van der Waals surface area contributed by atoms with Crippen LogP contribution in [-0.4, -0.2) is 41.1 Å². The quantitative estimate of drug-likeness (QED) is 0.509. The first-order valence-electron chi connectivity index (χ1n) is 10.3. The van der Waals surface area contributed by atoms with Gasteiger partial charge in [-0.05, 0) is 68.4 Å². The Bertz CT molecular complexity index is 1150. The molecule has 0 aromatic carbocycles. The smallest absolute Gasteiger partial charge is 0.154 e. The van der Waals surface area contributed by atoms with Crippen molar-refractivity contribution in [3.63, 3.8) is 0 Å². The lowest BCUT2D eigenvalue weighted by molar-refractivity contribution is 0.126. The summed E-state index contributed by atoms with van der Waals surface area (Å²) < 4.78 is 6.46. The Hall–Kier alpha value is -2.84. The van der Waals surface area contributed by atoms with Crippen LogP contribution in [0.2, 0.25) is 0 Å². The number of rotatable bonds is 5. The highest BCUT2D eigenvalue weighted by Crippen LogP contribution is 2.29. The molecule has 5 rings (SSSR count). The minimum absolute atomic E-state index is 0.183. The van der Waals surface area contributed by atoms with Crippen molar-refractivity contribution in [3.05, 3.63) is 59.3 Å². The van der Waals surface area contributed by atoms with E-state index in [4.69, 9.17) is 9.97 Å². The Balaban J connectivity index is 1.55. The molecule has 0 amide bonds. The largest absolute Gasteiger partial charge is 0.393 e. The predicted molar refractivity (Wildman–Crippen MR) is 118 cm³/mol. The molecule has 0 radical (unpaired) electrons. The summed E-state index contributed by atoms with van der Waals surface area (Å²) in [4.78, 5) is 15.2. The third-order valence-corrected chi connectivity index (χ3v) is 6.43. The van der Waals surface area contributed by atoms with E-state index in [0.717, 1.165) is 64.6 Å². The highest BCUT2D eigenvalue weighted by molar-refractivity contribution is 7.05. The summed E-state index contributed by atoms with van der Waals surface area (Å²) in [6.45, 7) is 2.00. The average Bonchev–Trinajstić information content (AvgIpc) is 3.36. The van der Waals surface area contributed by atoms with Gasteiger partial charge in [-0.15, -0.1) is 0 Å². The zero-order chi connectivity index (χ0) is 20.5. The van der Waals surface area contributed by atoms with Crippen LogP contribution in [0.5, 0.6) is 0 Å². The molecule has 7 nitrogen and oxygen atoms in total. The minimum atomic E-state index is -0.183. The van der Waals surface area contributed by atoms with E-state index in [0.29, 0.717) is 12.5 Å². The number of hydrogen-bond acceptors (Lipinski definition) is 7. The zero-order valence-corrected chi connectivity index (χ0v) is 17.6. The molecule has 4 heterocycles. The van der Waals surface area contributed by atoms with Gasteiger partial charge in [-0.2, -0.15) is 4.37 Å². The minimum Gasteiger partial charge on any atom is -0.393 e. The summed E-state index contributed by atoms with van der Waals surface area (Å²) in [5, 5.41) is 13.5. The van der Waals surface area contributed by atoms with Crippen molar-refractivity contribution in [3.8, 4) is 5.69 Å². The number of aryl methyl sites for hydroxylation is 1. The van der Waals surface area contributed by atoms with E-state index in [1.54, 1.807) is 6.20 Å². The molecule has 8 heteroatoms. The molecule has 1 aliphatic carbocycles. The fourth-order valence-corrected chi connectivity index (χ4v) is 4.78. The van der Waals surface area contributed by atoms with Gasteiger partial charge >= 0.3 is 0 Å². The summed E-state index contributed by atoms with van der Waals surface area (Å²) in [6.07, 6.45) is 9.63. The van der Waals surface area contributed by atoms with E-state index in [1.165, 1.54) is 11.5 Å². The van der Waals surface area contributed by atoms with E-state index in [9.17, 15) is 5.11 Å². The number of nitrogens with zero attached hydrogens (tertiary/aromatic N) is 5. The molecule has 1 saturated carbocycles. The Morgan fingerprint density at radius 3 is 2.80 bits per heavy atom. The van der Waals surface area contributed by atoms with Crippen molar-refractivity contribution in [2.24, 2.45) is 0 Å². The van der Waals surface area contributed by atoms with Crippen molar-refractivity contribution in [1.82, 2.24) is 23.9 Å². The van der Waals surface area contributed by atoms with Crippen LogP contribution in [0.1, 0.15) is 42.1 Å². The van der Waals surface area contributed by atoms with Gasteiger partial charge in [0.25, 0.3) is 0 Å². The molecular formula is C22H24N6OS. The molecule has 4 aromatic heterocycles. The molecule has 0 unspecified atom stereocenters. The van der Waals surface area contributed by atoms with E-state index in [-0.39, 0.29) is 6.10 Å². The molecule has 0 spiro atoms. The zero-order valence-electron chi connectivity index (χ0n) is 16.8. The monoisotopic (exact) mass is 420 g/mol. The van der Waals surface area contributed by atoms with Gasteiger partial charge in [0, 0.05) is 29.7 Å². The second-order valence-electron chi connectivity index (χ2n) is 7.88. The lowest BCUT2D eigenvalue weighted by Gasteiger charge is -2.27. The van der Waals surface area contributed by atoms with E-state index < -0.39 is 0 Å². The van der Waals surface area contributed by atoms with Crippen LogP contribution in [0.3, 0.4) is 0 Å². The van der Waals surface area contributed by atoms with Crippen molar-refractivity contribution in [2.45, 2.75) is 51.2 Å². The third kappa shape index (κ3) is 3.93. The van der Waals surface area contributed by atoms with Gasteiger partial charge in [0.1, 0.15) is 11.3 Å². The van der Waals surface area contributed by atoms with Crippen molar-refractivity contribution in [2.75, 3.05) is 5.32 Å². The second-order valence-corrected chi connectivity index (χ2v) is 8.77. The molecule has 4 aromatic rings. The first-order valence-corrected chi connectivity index (χ1v) is 11.1. The van der Waals surface area contributed by atoms with Crippen molar-refractivity contribution in [1.29, 1.82) is 0 Å². The van der Waals surface area contributed by atoms with Crippen LogP contribution >= 0.6 is 11.5 Å². The molecule has 30 heavy (non-hydrogen) atoms. The SMILES string of the molecule is Cc1cc(Cc2nc(NC3CCC(O)CC3)c3c(ccn3-c3cccnc3)n2)sn1. The standard InChI is InChI=1S/C22H24N6OS/c1-14-11-18(30-27-14)12-20-25-19-8-10-28(16-3-2-9-23-13-16)21(19)22(26-20)24-15-4-6-17(29)7-5-15/h2-3,8-11,13,15,17,29H,4-7,12H2,1H3,(H,24,25,26). The lowest BCUT2D eigenvalue weighted by Crippen LogP contribution is -2.29. The molecule has 1 fully saturated rings. The second kappa shape index (κ2) is 8.12. The average molecular weight is 421 g/mol. The van der Waals surface area contributed by atoms with Crippen LogP contribution < -0.4 is 5.32 Å². The third-order valence-electron chi connectivity index (χ3n) is 5.55. The molecule has 0 bridgehead atoms. The first kappa shape index (κ1) is 19.1. The maximum absolute atomic E-state index is 9.87. The number of fused-ring (bicyclic) bond motifs is 1. The number of aromatic nitrogens is 5. The summed E-state index contributed by atoms with van der Waals surface area (Å²) in [6, 6.07) is 8.37. The van der Waals surface area contributed by atoms with Gasteiger partial charge in [0.2, 0.25) is 0 Å². The summed E-state index contributed by atoms with van der Waals surface area (Å²) in [5.41, 5.74) is 3.86. The Morgan fingerprint density at radius 1 is 1.20 bits per heavy atom. The normalized spacial score (nSPS) is 19.3. The van der Waals surface area contributed by atoms with Gasteiger partial charge in [0.05, 0.1) is 29.2 Å². The number of hydrogen-bond donors (Lipinski definition) is 2. The summed E-state index contributed by atoms with van der Waals surface area (Å²) in [7, 11) is 0. The number of anilines is 1. The fraction of sp³-hybridized carbons (Fsp3) is 0.364. The van der Waals surface area contributed by atoms with Gasteiger partial charge in [-0.3, -0.25) is 4.98 Å². The number of aliphatic hydroxyl groups excluding tert-OH is 1. The Kier molecular flexibility index (Phi) is 5.18. The first-order chi connectivity index (χ1) is 14.7. The van der Waals surface area contributed by atoms with E-state index in [1.807, 2.05) is 37.5 Å². The maximum atomic E-state index is 9.87. The predicted octanol–water partition coefficient (Wildman–Crippen LogP) is 3.89. The number of aliphatic hydroxyl groups is 1. The summed E-state index contributed by atoms with van der Waals surface area (Å²) >= 11 is 1.50. The molecule has 0 atom stereocenters. The number of nitrogens with one attached hydrogen (secondary N) is 1. The van der Waals surface area contributed by atoms with Crippen LogP contribution in [0.15, 0.2) is 42.9 Å². The lowest BCUT2D eigenvalue weighted by atomic mass is 9.93. The van der Waals surface area contributed by atoms with E-state index >= 15 is 0 Å². The van der Waals surface area contributed by atoms with E-state index in [2.05, 4.69) is 25.3 Å². The molecule has 1 aliphatic rings. The Labute approximate surface area is 179 Å². The van der Waals surface area contributed by atoms with Gasteiger partial charge in [0.15, 0.2) is 5.82 Å². The molecule has 0 saturated heterocycles. The highest BCUT2D eigenvalue weighted by atomic mass is 32.1. The molecule has 154 valence electrons. The molecule has 0 aliphatic heterocycles. The fourth-order valence-electron chi connectivity index (χ4n) is 4.05. The van der Waals surface area contributed by atoms with Gasteiger partial charge < -0.3 is 15.0 Å².